The van der Waals surface area contributed by atoms with E-state index in [0.717, 1.165) is 29.2 Å². The molecule has 2 aromatic carbocycles. The number of imide groups is 1. The predicted octanol–water partition coefficient (Wildman–Crippen LogP) is 4.68. The number of aryl methyl sites for hydroxylation is 1. The van der Waals surface area contributed by atoms with Crippen molar-refractivity contribution in [2.45, 2.75) is 38.3 Å². The normalized spacial score (nSPS) is 19.7. The highest BCUT2D eigenvalue weighted by molar-refractivity contribution is 6.24. The average Bonchev–Trinajstić information content (AvgIpc) is 2.97. The average molecular weight is 440 g/mol. The van der Waals surface area contributed by atoms with Gasteiger partial charge in [-0.3, -0.25) is 14.4 Å². The van der Waals surface area contributed by atoms with E-state index in [0.29, 0.717) is 37.3 Å². The van der Waals surface area contributed by atoms with E-state index >= 15 is 0 Å². The molecule has 1 aliphatic heterocycles. The second kappa shape index (κ2) is 7.90. The summed E-state index contributed by atoms with van der Waals surface area (Å²) >= 11 is 0. The lowest BCUT2D eigenvalue weighted by Crippen LogP contribution is -2.42. The van der Waals surface area contributed by atoms with Gasteiger partial charge in [-0.1, -0.05) is 30.7 Å². The Morgan fingerprint density at radius 2 is 1.81 bits per heavy atom. The SMILES string of the molecule is N#Cc1ccc(N2C(=O)C(CCc3ccc(C=O)cc3)C3(CCC3)C2=O)cc1C(F)(F)F. The molecule has 2 fully saturated rings. The molecule has 2 aromatic rings. The van der Waals surface area contributed by atoms with Crippen molar-refractivity contribution >= 4 is 23.8 Å². The lowest BCUT2D eigenvalue weighted by molar-refractivity contribution is -0.138. The van der Waals surface area contributed by atoms with Crippen molar-refractivity contribution in [1.82, 2.24) is 0 Å². The topological polar surface area (TPSA) is 78.2 Å². The monoisotopic (exact) mass is 440 g/mol. The minimum atomic E-state index is -4.78. The lowest BCUT2D eigenvalue weighted by atomic mass is 9.61. The third kappa shape index (κ3) is 3.48. The fraction of sp³-hybridized carbons (Fsp3) is 0.333. The summed E-state index contributed by atoms with van der Waals surface area (Å²) in [6, 6.07) is 11.3. The Morgan fingerprint density at radius 1 is 1.12 bits per heavy atom. The molecule has 2 amide bonds. The van der Waals surface area contributed by atoms with Gasteiger partial charge >= 0.3 is 6.18 Å². The highest BCUT2D eigenvalue weighted by Gasteiger charge is 2.61. The molecule has 1 spiro atoms. The molecule has 1 unspecified atom stereocenters. The van der Waals surface area contributed by atoms with E-state index in [1.165, 1.54) is 12.1 Å². The smallest absolute Gasteiger partial charge is 0.298 e. The number of aldehydes is 1. The maximum atomic E-state index is 13.4. The van der Waals surface area contributed by atoms with E-state index < -0.39 is 40.5 Å². The lowest BCUT2D eigenvalue weighted by Gasteiger charge is -2.39. The van der Waals surface area contributed by atoms with Crippen LogP contribution in [0.5, 0.6) is 0 Å². The quantitative estimate of drug-likeness (QED) is 0.500. The van der Waals surface area contributed by atoms with Gasteiger partial charge in [0.2, 0.25) is 11.8 Å². The van der Waals surface area contributed by atoms with Crippen molar-refractivity contribution in [3.8, 4) is 6.07 Å². The predicted molar refractivity (Wildman–Crippen MR) is 109 cm³/mol. The molecule has 1 saturated carbocycles. The number of rotatable bonds is 5. The molecular formula is C24H19F3N2O3. The number of hydrogen-bond donors (Lipinski definition) is 0. The van der Waals surface area contributed by atoms with Gasteiger partial charge in [-0.25, -0.2) is 4.90 Å². The molecule has 0 aromatic heterocycles. The number of carbonyl (C=O) groups excluding carboxylic acids is 3. The summed E-state index contributed by atoms with van der Waals surface area (Å²) in [5.41, 5.74) is -1.33. The van der Waals surface area contributed by atoms with Gasteiger partial charge in [0.1, 0.15) is 6.29 Å². The van der Waals surface area contributed by atoms with E-state index in [4.69, 9.17) is 5.26 Å². The molecular weight excluding hydrogens is 421 g/mol. The molecule has 1 saturated heterocycles. The number of amides is 2. The number of halogens is 3. The first-order valence-electron chi connectivity index (χ1n) is 10.2. The van der Waals surface area contributed by atoms with Gasteiger partial charge < -0.3 is 0 Å². The van der Waals surface area contributed by atoms with E-state index in [2.05, 4.69) is 0 Å². The molecule has 2 aliphatic rings. The third-order valence-corrected chi connectivity index (χ3v) is 6.59. The minimum absolute atomic E-state index is 0.157. The Balaban J connectivity index is 1.64. The Bertz CT molecular complexity index is 1130. The fourth-order valence-corrected chi connectivity index (χ4v) is 4.71. The van der Waals surface area contributed by atoms with Crippen LogP contribution in [0.25, 0.3) is 0 Å². The van der Waals surface area contributed by atoms with Crippen molar-refractivity contribution in [1.29, 1.82) is 5.26 Å². The molecule has 8 heteroatoms. The van der Waals surface area contributed by atoms with Gasteiger partial charge in [-0.2, -0.15) is 18.4 Å². The number of alkyl halides is 3. The maximum absolute atomic E-state index is 13.4. The molecule has 1 heterocycles. The van der Waals surface area contributed by atoms with Crippen molar-refractivity contribution in [2.24, 2.45) is 11.3 Å². The molecule has 32 heavy (non-hydrogen) atoms. The van der Waals surface area contributed by atoms with Gasteiger partial charge in [0.05, 0.1) is 34.2 Å². The Kier molecular flexibility index (Phi) is 5.37. The standard InChI is InChI=1S/C24H19F3N2O3/c25-24(26,27)20-12-18(8-7-17(20)13-28)29-21(31)19(23(22(29)32)10-1-11-23)9-6-15-2-4-16(14-30)5-3-15/h2-5,7-8,12,14,19H,1,6,9-11H2. The van der Waals surface area contributed by atoms with E-state index in [9.17, 15) is 27.6 Å². The second-order valence-electron chi connectivity index (χ2n) is 8.28. The number of carbonyl (C=O) groups is 3. The summed E-state index contributed by atoms with van der Waals surface area (Å²) in [6.07, 6.45) is -1.36. The van der Waals surface area contributed by atoms with E-state index in [1.54, 1.807) is 24.3 Å². The van der Waals surface area contributed by atoms with Crippen LogP contribution in [0.3, 0.4) is 0 Å². The van der Waals surface area contributed by atoms with Gasteiger partial charge in [-0.15, -0.1) is 0 Å². The minimum Gasteiger partial charge on any atom is -0.298 e. The van der Waals surface area contributed by atoms with Gasteiger partial charge in [-0.05, 0) is 49.4 Å². The Morgan fingerprint density at radius 3 is 2.34 bits per heavy atom. The molecule has 164 valence electrons. The van der Waals surface area contributed by atoms with Crippen LogP contribution in [0.4, 0.5) is 18.9 Å². The Labute approximate surface area is 182 Å². The number of anilines is 1. The van der Waals surface area contributed by atoms with Crippen molar-refractivity contribution in [3.63, 3.8) is 0 Å². The molecule has 0 bridgehead atoms. The molecule has 5 nitrogen and oxygen atoms in total. The highest BCUT2D eigenvalue weighted by Crippen LogP contribution is 2.55. The first-order chi connectivity index (χ1) is 15.2. The molecule has 4 rings (SSSR count). The van der Waals surface area contributed by atoms with Gasteiger partial charge in [0, 0.05) is 5.56 Å². The van der Waals surface area contributed by atoms with Crippen LogP contribution in [-0.4, -0.2) is 18.1 Å². The van der Waals surface area contributed by atoms with Crippen LogP contribution in [0, 0.1) is 22.7 Å². The summed E-state index contributed by atoms with van der Waals surface area (Å²) in [5.74, 6) is -1.59. The van der Waals surface area contributed by atoms with Crippen molar-refractivity contribution in [3.05, 3.63) is 64.7 Å². The second-order valence-corrected chi connectivity index (χ2v) is 8.28. The van der Waals surface area contributed by atoms with Crippen molar-refractivity contribution in [2.75, 3.05) is 4.90 Å². The molecule has 0 radical (unpaired) electrons. The summed E-state index contributed by atoms with van der Waals surface area (Å²) in [5, 5.41) is 9.01. The summed E-state index contributed by atoms with van der Waals surface area (Å²) in [7, 11) is 0. The van der Waals surface area contributed by atoms with Gasteiger partial charge in [0.25, 0.3) is 0 Å². The summed E-state index contributed by atoms with van der Waals surface area (Å²) in [6.45, 7) is 0. The van der Waals surface area contributed by atoms with E-state index in [-0.39, 0.29) is 5.69 Å². The summed E-state index contributed by atoms with van der Waals surface area (Å²) in [4.78, 5) is 38.2. The number of hydrogen-bond acceptors (Lipinski definition) is 4. The molecule has 1 atom stereocenters. The first-order valence-corrected chi connectivity index (χ1v) is 10.2. The van der Waals surface area contributed by atoms with Crippen LogP contribution >= 0.6 is 0 Å². The zero-order chi connectivity index (χ0) is 23.1. The summed E-state index contributed by atoms with van der Waals surface area (Å²) < 4.78 is 40.2. The highest BCUT2D eigenvalue weighted by atomic mass is 19.4. The van der Waals surface area contributed by atoms with Crippen LogP contribution in [0.2, 0.25) is 0 Å². The third-order valence-electron chi connectivity index (χ3n) is 6.59. The van der Waals surface area contributed by atoms with Crippen LogP contribution in [0.15, 0.2) is 42.5 Å². The fourth-order valence-electron chi connectivity index (χ4n) is 4.71. The maximum Gasteiger partial charge on any atom is 0.417 e. The largest absolute Gasteiger partial charge is 0.417 e. The first kappa shape index (κ1) is 21.8. The van der Waals surface area contributed by atoms with Crippen molar-refractivity contribution < 1.29 is 27.6 Å². The molecule has 0 N–H and O–H groups in total. The zero-order valence-electron chi connectivity index (χ0n) is 17.0. The van der Waals surface area contributed by atoms with Crippen LogP contribution < -0.4 is 4.90 Å². The number of nitriles is 1. The van der Waals surface area contributed by atoms with E-state index in [1.807, 2.05) is 0 Å². The Hall–Kier alpha value is -3.47. The number of nitrogens with zero attached hydrogens (tertiary/aromatic N) is 2. The van der Waals surface area contributed by atoms with Crippen LogP contribution in [-0.2, 0) is 22.2 Å². The molecule has 1 aliphatic carbocycles. The van der Waals surface area contributed by atoms with Crippen LogP contribution in [0.1, 0.15) is 52.7 Å². The zero-order valence-corrected chi connectivity index (χ0v) is 17.0. The number of benzene rings is 2. The van der Waals surface area contributed by atoms with Gasteiger partial charge in [0.15, 0.2) is 0 Å².